The normalized spacial score (nSPS) is 14.0. The molecule has 116 valence electrons. The first-order chi connectivity index (χ1) is 10.1. The van der Waals surface area contributed by atoms with Gasteiger partial charge in [0.05, 0.1) is 0 Å². The summed E-state index contributed by atoms with van der Waals surface area (Å²) < 4.78 is 6.92. The minimum absolute atomic E-state index is 0.00605. The maximum atomic E-state index is 12.6. The third-order valence-corrected chi connectivity index (χ3v) is 4.01. The van der Waals surface area contributed by atoms with Crippen molar-refractivity contribution in [1.82, 2.24) is 4.57 Å². The van der Waals surface area contributed by atoms with Gasteiger partial charge in [-0.2, -0.15) is 0 Å². The number of carboxylic acid groups (broad SMARTS) is 1. The summed E-state index contributed by atoms with van der Waals surface area (Å²) in [6.07, 6.45) is 5.30. The van der Waals surface area contributed by atoms with E-state index in [9.17, 15) is 9.59 Å². The van der Waals surface area contributed by atoms with E-state index in [4.69, 9.17) is 9.84 Å². The fourth-order valence-corrected chi connectivity index (χ4v) is 2.97. The summed E-state index contributed by atoms with van der Waals surface area (Å²) >= 11 is 0. The summed E-state index contributed by atoms with van der Waals surface area (Å²) in [6.45, 7) is 1.27. The minimum atomic E-state index is -0.863. The highest BCUT2D eigenvalue weighted by molar-refractivity contribution is 5.67. The third-order valence-electron chi connectivity index (χ3n) is 4.01. The van der Waals surface area contributed by atoms with E-state index in [0.717, 1.165) is 37.8 Å². The molecule has 0 aromatic carbocycles. The van der Waals surface area contributed by atoms with E-state index in [-0.39, 0.29) is 12.0 Å². The Bertz CT molecular complexity index is 562. The lowest BCUT2D eigenvalue weighted by Crippen LogP contribution is -2.30. The maximum Gasteiger partial charge on any atom is 0.303 e. The fourth-order valence-electron chi connectivity index (χ4n) is 2.97. The van der Waals surface area contributed by atoms with Crippen molar-refractivity contribution in [2.45, 2.75) is 51.5 Å². The molecule has 1 heterocycles. The molecule has 0 fully saturated rings. The average molecular weight is 293 g/mol. The molecule has 5 nitrogen and oxygen atoms in total. The van der Waals surface area contributed by atoms with E-state index >= 15 is 0 Å². The topological polar surface area (TPSA) is 68.5 Å². The lowest BCUT2D eigenvalue weighted by atomic mass is 9.93. The van der Waals surface area contributed by atoms with E-state index in [1.807, 2.05) is 10.6 Å². The van der Waals surface area contributed by atoms with Gasteiger partial charge >= 0.3 is 5.97 Å². The lowest BCUT2D eigenvalue weighted by Gasteiger charge is -2.22. The van der Waals surface area contributed by atoms with Gasteiger partial charge in [-0.15, -0.1) is 0 Å². The molecule has 0 unspecified atom stereocenters. The Morgan fingerprint density at radius 3 is 2.86 bits per heavy atom. The molecule has 1 aliphatic rings. The molecule has 1 aromatic heterocycles. The second kappa shape index (κ2) is 7.41. The number of rotatable bonds is 7. The number of fused-ring (bicyclic) bond motifs is 1. The smallest absolute Gasteiger partial charge is 0.303 e. The largest absolute Gasteiger partial charge is 0.481 e. The number of hydrogen-bond acceptors (Lipinski definition) is 3. The Kier molecular flexibility index (Phi) is 5.56. The number of carboxylic acids is 1. The SMILES string of the molecule is COCCCn1c2c(cc(CCC(=O)O)c1=O)CCCC2. The van der Waals surface area contributed by atoms with Crippen molar-refractivity contribution in [2.24, 2.45) is 0 Å². The molecule has 1 aromatic rings. The summed E-state index contributed by atoms with van der Waals surface area (Å²) in [5.74, 6) is -0.863. The molecule has 0 spiro atoms. The predicted octanol–water partition coefficient (Wildman–Crippen LogP) is 1.78. The molecule has 0 saturated heterocycles. The molecule has 21 heavy (non-hydrogen) atoms. The molecule has 0 aliphatic heterocycles. The van der Waals surface area contributed by atoms with Gasteiger partial charge in [0, 0.05) is 37.9 Å². The Labute approximate surface area is 124 Å². The molecule has 1 N–H and O–H groups in total. The van der Waals surface area contributed by atoms with Crippen LogP contribution in [0.15, 0.2) is 10.9 Å². The van der Waals surface area contributed by atoms with Gasteiger partial charge in [-0.3, -0.25) is 9.59 Å². The second-order valence-corrected chi connectivity index (χ2v) is 5.55. The van der Waals surface area contributed by atoms with Crippen molar-refractivity contribution in [3.05, 3.63) is 33.2 Å². The van der Waals surface area contributed by atoms with Crippen molar-refractivity contribution < 1.29 is 14.6 Å². The molecule has 2 rings (SSSR count). The summed E-state index contributed by atoms with van der Waals surface area (Å²) in [5, 5.41) is 8.82. The van der Waals surface area contributed by atoms with E-state index in [2.05, 4.69) is 0 Å². The van der Waals surface area contributed by atoms with Crippen molar-refractivity contribution in [3.63, 3.8) is 0 Å². The third kappa shape index (κ3) is 3.94. The number of nitrogens with zero attached hydrogens (tertiary/aromatic N) is 1. The second-order valence-electron chi connectivity index (χ2n) is 5.55. The molecular formula is C16H23NO4. The van der Waals surface area contributed by atoms with Crippen LogP contribution in [0.1, 0.15) is 42.5 Å². The van der Waals surface area contributed by atoms with Crippen LogP contribution in [0.3, 0.4) is 0 Å². The summed E-state index contributed by atoms with van der Waals surface area (Å²) in [7, 11) is 1.65. The molecule has 0 bridgehead atoms. The fraction of sp³-hybridized carbons (Fsp3) is 0.625. The minimum Gasteiger partial charge on any atom is -0.481 e. The maximum absolute atomic E-state index is 12.6. The van der Waals surface area contributed by atoms with Gasteiger partial charge in [-0.1, -0.05) is 0 Å². The highest BCUT2D eigenvalue weighted by atomic mass is 16.5. The number of pyridine rings is 1. The summed E-state index contributed by atoms with van der Waals surface area (Å²) in [5.41, 5.74) is 2.98. The van der Waals surface area contributed by atoms with Gasteiger partial charge in [0.1, 0.15) is 0 Å². The molecular weight excluding hydrogens is 270 g/mol. The number of aromatic nitrogens is 1. The Hall–Kier alpha value is -1.62. The molecule has 0 atom stereocenters. The van der Waals surface area contributed by atoms with Crippen molar-refractivity contribution >= 4 is 5.97 Å². The van der Waals surface area contributed by atoms with E-state index in [0.29, 0.717) is 25.1 Å². The van der Waals surface area contributed by atoms with Crippen LogP contribution in [0.25, 0.3) is 0 Å². The van der Waals surface area contributed by atoms with Gasteiger partial charge in [0.2, 0.25) is 0 Å². The monoisotopic (exact) mass is 293 g/mol. The lowest BCUT2D eigenvalue weighted by molar-refractivity contribution is -0.136. The number of ether oxygens (including phenoxy) is 1. The van der Waals surface area contributed by atoms with Crippen LogP contribution in [0.5, 0.6) is 0 Å². The van der Waals surface area contributed by atoms with E-state index < -0.39 is 5.97 Å². The van der Waals surface area contributed by atoms with Crippen LogP contribution in [0.2, 0.25) is 0 Å². The van der Waals surface area contributed by atoms with Crippen molar-refractivity contribution in [1.29, 1.82) is 0 Å². The van der Waals surface area contributed by atoms with E-state index in [1.165, 1.54) is 5.56 Å². The van der Waals surface area contributed by atoms with Crippen LogP contribution >= 0.6 is 0 Å². The van der Waals surface area contributed by atoms with Gasteiger partial charge < -0.3 is 14.4 Å². The Morgan fingerprint density at radius 1 is 1.38 bits per heavy atom. The number of hydrogen-bond donors (Lipinski definition) is 1. The first kappa shape index (κ1) is 15.8. The molecule has 1 aliphatic carbocycles. The summed E-state index contributed by atoms with van der Waals surface area (Å²) in [6, 6.07) is 1.94. The van der Waals surface area contributed by atoms with Gasteiger partial charge in [0.15, 0.2) is 0 Å². The number of carbonyl (C=O) groups is 1. The highest BCUT2D eigenvalue weighted by Crippen LogP contribution is 2.21. The zero-order valence-electron chi connectivity index (χ0n) is 12.6. The van der Waals surface area contributed by atoms with Gasteiger partial charge in [-0.25, -0.2) is 0 Å². The van der Waals surface area contributed by atoms with Crippen LogP contribution in [0.4, 0.5) is 0 Å². The van der Waals surface area contributed by atoms with Crippen LogP contribution in [0, 0.1) is 0 Å². The number of methoxy groups -OCH3 is 1. The summed E-state index contributed by atoms with van der Waals surface area (Å²) in [4.78, 5) is 23.3. The van der Waals surface area contributed by atoms with Crippen molar-refractivity contribution in [2.75, 3.05) is 13.7 Å². The van der Waals surface area contributed by atoms with Crippen LogP contribution in [-0.4, -0.2) is 29.4 Å². The zero-order valence-corrected chi connectivity index (χ0v) is 12.6. The molecule has 0 radical (unpaired) electrons. The molecule has 0 saturated carbocycles. The zero-order chi connectivity index (χ0) is 15.2. The molecule has 5 heteroatoms. The Balaban J connectivity index is 2.32. The van der Waals surface area contributed by atoms with Crippen LogP contribution < -0.4 is 5.56 Å². The highest BCUT2D eigenvalue weighted by Gasteiger charge is 2.17. The van der Waals surface area contributed by atoms with Gasteiger partial charge in [-0.05, 0) is 50.2 Å². The Morgan fingerprint density at radius 2 is 2.14 bits per heavy atom. The quantitative estimate of drug-likeness (QED) is 0.778. The number of aliphatic carboxylic acids is 1. The van der Waals surface area contributed by atoms with Gasteiger partial charge in [0.25, 0.3) is 5.56 Å². The predicted molar refractivity (Wildman–Crippen MR) is 79.8 cm³/mol. The van der Waals surface area contributed by atoms with E-state index in [1.54, 1.807) is 7.11 Å². The number of aryl methyl sites for hydroxylation is 2. The molecule has 0 amide bonds. The standard InChI is InChI=1S/C16H23NO4/c1-21-10-4-9-17-14-6-3-2-5-12(14)11-13(16(17)20)7-8-15(18)19/h11H,2-10H2,1H3,(H,18,19). The average Bonchev–Trinajstić information content (AvgIpc) is 2.47. The first-order valence-electron chi connectivity index (χ1n) is 7.58. The van der Waals surface area contributed by atoms with Crippen LogP contribution in [-0.2, 0) is 35.3 Å². The first-order valence-corrected chi connectivity index (χ1v) is 7.58. The van der Waals surface area contributed by atoms with Crippen molar-refractivity contribution in [3.8, 4) is 0 Å².